The van der Waals surface area contributed by atoms with E-state index in [1.807, 2.05) is 0 Å². The third kappa shape index (κ3) is 5.29. The maximum absolute atomic E-state index is 11.4. The largest absolute Gasteiger partial charge is 0.444 e. The summed E-state index contributed by atoms with van der Waals surface area (Å²) in [5.74, 6) is 0. The van der Waals surface area contributed by atoms with Crippen LogP contribution in [0.15, 0.2) is 12.1 Å². The molecule has 6 heteroatoms. The summed E-state index contributed by atoms with van der Waals surface area (Å²) < 4.78 is 5.06. The highest BCUT2D eigenvalue weighted by molar-refractivity contribution is 5.80. The predicted molar refractivity (Wildman–Crippen MR) is 68.1 cm³/mol. The van der Waals surface area contributed by atoms with Gasteiger partial charge >= 0.3 is 6.09 Å². The van der Waals surface area contributed by atoms with Crippen molar-refractivity contribution in [3.8, 4) is 0 Å². The first-order valence-corrected chi connectivity index (χ1v) is 5.72. The van der Waals surface area contributed by atoms with Crippen molar-refractivity contribution in [1.29, 1.82) is 0 Å². The Balaban J connectivity index is 2.69. The van der Waals surface area contributed by atoms with Crippen LogP contribution in [0.3, 0.4) is 0 Å². The molecule has 0 aliphatic heterocycles. The molecule has 1 heterocycles. The Kier molecular flexibility index (Phi) is 4.74. The standard InChI is InChI=1S/C13H16N2O4/c1-13(2,3)19-12(18)14-6-10-4-9(7-16)5-11(8-17)15-10/h4-5,7-8H,6H2,1-3H3,(H,14,18). The topological polar surface area (TPSA) is 85.4 Å². The van der Waals surface area contributed by atoms with Crippen LogP contribution in [-0.4, -0.2) is 29.3 Å². The number of carbonyl (C=O) groups excluding carboxylic acids is 3. The van der Waals surface area contributed by atoms with Crippen LogP contribution >= 0.6 is 0 Å². The van der Waals surface area contributed by atoms with Crippen LogP contribution < -0.4 is 5.32 Å². The molecule has 19 heavy (non-hydrogen) atoms. The molecule has 102 valence electrons. The molecule has 0 fully saturated rings. The van der Waals surface area contributed by atoms with Crippen LogP contribution in [-0.2, 0) is 11.3 Å². The summed E-state index contributed by atoms with van der Waals surface area (Å²) in [6, 6.07) is 2.87. The summed E-state index contributed by atoms with van der Waals surface area (Å²) in [6.07, 6.45) is 0.578. The fourth-order valence-electron chi connectivity index (χ4n) is 1.33. The van der Waals surface area contributed by atoms with Gasteiger partial charge in [0.25, 0.3) is 0 Å². The SMILES string of the molecule is CC(C)(C)OC(=O)NCc1cc(C=O)cc(C=O)n1. The maximum Gasteiger partial charge on any atom is 0.407 e. The molecule has 1 rings (SSSR count). The molecule has 1 aromatic rings. The van der Waals surface area contributed by atoms with E-state index < -0.39 is 11.7 Å². The van der Waals surface area contributed by atoms with Crippen molar-refractivity contribution in [2.75, 3.05) is 0 Å². The van der Waals surface area contributed by atoms with E-state index in [-0.39, 0.29) is 12.2 Å². The average molecular weight is 264 g/mol. The van der Waals surface area contributed by atoms with Gasteiger partial charge in [-0.05, 0) is 32.9 Å². The summed E-state index contributed by atoms with van der Waals surface area (Å²) in [5.41, 5.74) is 0.303. The molecular formula is C13H16N2O4. The zero-order valence-electron chi connectivity index (χ0n) is 11.1. The zero-order valence-corrected chi connectivity index (χ0v) is 11.1. The lowest BCUT2D eigenvalue weighted by molar-refractivity contribution is 0.0523. The van der Waals surface area contributed by atoms with Gasteiger partial charge in [0.05, 0.1) is 12.2 Å². The van der Waals surface area contributed by atoms with Crippen LogP contribution in [0.5, 0.6) is 0 Å². The summed E-state index contributed by atoms with van der Waals surface area (Å²) in [5, 5.41) is 2.50. The van der Waals surface area contributed by atoms with Crippen molar-refractivity contribution in [2.45, 2.75) is 32.9 Å². The Morgan fingerprint density at radius 2 is 2.00 bits per heavy atom. The molecule has 0 saturated heterocycles. The quantitative estimate of drug-likeness (QED) is 0.837. The van der Waals surface area contributed by atoms with Gasteiger partial charge in [0.2, 0.25) is 0 Å². The van der Waals surface area contributed by atoms with Gasteiger partial charge in [0.15, 0.2) is 6.29 Å². The summed E-state index contributed by atoms with van der Waals surface area (Å²) in [6.45, 7) is 5.34. The van der Waals surface area contributed by atoms with Crippen LogP contribution in [0.25, 0.3) is 0 Å². The number of amides is 1. The fourth-order valence-corrected chi connectivity index (χ4v) is 1.33. The molecule has 0 saturated carbocycles. The van der Waals surface area contributed by atoms with Crippen molar-refractivity contribution in [2.24, 2.45) is 0 Å². The Bertz CT molecular complexity index is 466. The highest BCUT2D eigenvalue weighted by atomic mass is 16.6. The lowest BCUT2D eigenvalue weighted by Crippen LogP contribution is -2.32. The van der Waals surface area contributed by atoms with Crippen LogP contribution in [0.1, 0.15) is 47.3 Å². The van der Waals surface area contributed by atoms with Crippen LogP contribution in [0, 0.1) is 0 Å². The Labute approximate surface area is 111 Å². The monoisotopic (exact) mass is 264 g/mol. The van der Waals surface area contributed by atoms with Gasteiger partial charge in [0.1, 0.15) is 17.6 Å². The molecule has 0 bridgehead atoms. The van der Waals surface area contributed by atoms with Gasteiger partial charge in [-0.3, -0.25) is 9.59 Å². The molecule has 0 aliphatic carbocycles. The van der Waals surface area contributed by atoms with Gasteiger partial charge in [0, 0.05) is 5.56 Å². The lowest BCUT2D eigenvalue weighted by Gasteiger charge is -2.19. The third-order valence-electron chi connectivity index (χ3n) is 1.99. The summed E-state index contributed by atoms with van der Waals surface area (Å²) in [4.78, 5) is 36.8. The van der Waals surface area contributed by atoms with E-state index >= 15 is 0 Å². The molecule has 0 atom stereocenters. The van der Waals surface area contributed by atoms with E-state index in [9.17, 15) is 14.4 Å². The molecule has 0 unspecified atom stereocenters. The third-order valence-corrected chi connectivity index (χ3v) is 1.99. The molecule has 1 N–H and O–H groups in total. The van der Waals surface area contributed by atoms with Crippen LogP contribution in [0.2, 0.25) is 0 Å². The molecule has 6 nitrogen and oxygen atoms in total. The van der Waals surface area contributed by atoms with Crippen molar-refractivity contribution < 1.29 is 19.1 Å². The number of aromatic nitrogens is 1. The molecular weight excluding hydrogens is 248 g/mol. The minimum Gasteiger partial charge on any atom is -0.444 e. The molecule has 1 aromatic heterocycles. The van der Waals surface area contributed by atoms with Gasteiger partial charge in [-0.1, -0.05) is 0 Å². The van der Waals surface area contributed by atoms with Crippen molar-refractivity contribution in [3.63, 3.8) is 0 Å². The number of alkyl carbamates (subject to hydrolysis) is 1. The number of rotatable bonds is 4. The lowest BCUT2D eigenvalue weighted by atomic mass is 10.2. The number of ether oxygens (including phenoxy) is 1. The van der Waals surface area contributed by atoms with Gasteiger partial charge in [-0.2, -0.15) is 0 Å². The first-order valence-electron chi connectivity index (χ1n) is 5.72. The summed E-state index contributed by atoms with van der Waals surface area (Å²) >= 11 is 0. The number of carbonyl (C=O) groups is 3. The minimum atomic E-state index is -0.587. The number of nitrogens with zero attached hydrogens (tertiary/aromatic N) is 1. The van der Waals surface area contributed by atoms with Gasteiger partial charge < -0.3 is 10.1 Å². The molecule has 0 spiro atoms. The van der Waals surface area contributed by atoms with Crippen molar-refractivity contribution in [3.05, 3.63) is 29.1 Å². The molecule has 1 amide bonds. The molecule has 0 aliphatic rings. The second kappa shape index (κ2) is 6.08. The van der Waals surface area contributed by atoms with E-state index in [0.717, 1.165) is 0 Å². The first-order chi connectivity index (χ1) is 8.84. The van der Waals surface area contributed by atoms with E-state index in [2.05, 4.69) is 10.3 Å². The smallest absolute Gasteiger partial charge is 0.407 e. The number of nitrogens with one attached hydrogen (secondary N) is 1. The van der Waals surface area contributed by atoms with Crippen molar-refractivity contribution in [1.82, 2.24) is 10.3 Å². The number of aldehydes is 2. The number of hydrogen-bond donors (Lipinski definition) is 1. The predicted octanol–water partition coefficient (Wildman–Crippen LogP) is 1.73. The minimum absolute atomic E-state index is 0.0808. The number of hydrogen-bond acceptors (Lipinski definition) is 5. The Hall–Kier alpha value is -2.24. The Morgan fingerprint density at radius 3 is 2.53 bits per heavy atom. The normalized spacial score (nSPS) is 10.7. The second-order valence-corrected chi connectivity index (χ2v) is 4.91. The zero-order chi connectivity index (χ0) is 14.5. The van der Waals surface area contributed by atoms with E-state index in [4.69, 9.17) is 4.74 Å². The van der Waals surface area contributed by atoms with Gasteiger partial charge in [-0.15, -0.1) is 0 Å². The maximum atomic E-state index is 11.4. The Morgan fingerprint density at radius 1 is 1.32 bits per heavy atom. The molecule has 0 radical (unpaired) electrons. The average Bonchev–Trinajstić information content (AvgIpc) is 2.33. The van der Waals surface area contributed by atoms with E-state index in [1.165, 1.54) is 12.1 Å². The van der Waals surface area contributed by atoms with Crippen LogP contribution in [0.4, 0.5) is 4.79 Å². The summed E-state index contributed by atoms with van der Waals surface area (Å²) in [7, 11) is 0. The first kappa shape index (κ1) is 14.8. The second-order valence-electron chi connectivity index (χ2n) is 4.91. The van der Waals surface area contributed by atoms with E-state index in [0.29, 0.717) is 23.8 Å². The van der Waals surface area contributed by atoms with Gasteiger partial charge in [-0.25, -0.2) is 9.78 Å². The fraction of sp³-hybridized carbons (Fsp3) is 0.385. The van der Waals surface area contributed by atoms with Crippen molar-refractivity contribution >= 4 is 18.7 Å². The highest BCUT2D eigenvalue weighted by Crippen LogP contribution is 2.07. The van der Waals surface area contributed by atoms with E-state index in [1.54, 1.807) is 20.8 Å². The number of pyridine rings is 1. The molecule has 0 aromatic carbocycles. The highest BCUT2D eigenvalue weighted by Gasteiger charge is 2.15.